The molecule has 2 saturated heterocycles. The Balaban J connectivity index is 1.47. The number of carbonyl (C=O) groups is 3. The zero-order valence-electron chi connectivity index (χ0n) is 17.3. The Morgan fingerprint density at radius 2 is 1.84 bits per heavy atom. The van der Waals surface area contributed by atoms with Crippen LogP contribution in [0.1, 0.15) is 23.4 Å². The summed E-state index contributed by atoms with van der Waals surface area (Å²) in [6.07, 6.45) is 1.57. The van der Waals surface area contributed by atoms with Crippen molar-refractivity contribution in [3.05, 3.63) is 70.4 Å². The van der Waals surface area contributed by atoms with Gasteiger partial charge in [-0.1, -0.05) is 30.3 Å². The maximum absolute atomic E-state index is 13.1. The second kappa shape index (κ2) is 9.79. The molecular formula is C23H21FN2O4S2. The Bertz CT molecular complexity index is 1070. The maximum atomic E-state index is 13.1. The monoisotopic (exact) mass is 472 g/mol. The van der Waals surface area contributed by atoms with Gasteiger partial charge in [-0.3, -0.25) is 19.3 Å². The Morgan fingerprint density at radius 3 is 2.59 bits per heavy atom. The Labute approximate surface area is 193 Å². The van der Waals surface area contributed by atoms with Crippen LogP contribution in [-0.2, 0) is 9.59 Å². The second-order valence-electron chi connectivity index (χ2n) is 7.11. The first-order valence-electron chi connectivity index (χ1n) is 10.1. The van der Waals surface area contributed by atoms with Crippen molar-refractivity contribution in [2.45, 2.75) is 12.3 Å². The van der Waals surface area contributed by atoms with E-state index >= 15 is 0 Å². The molecule has 1 atom stereocenters. The zero-order valence-corrected chi connectivity index (χ0v) is 19.0. The molecule has 2 aromatic rings. The number of hydrogen-bond donors (Lipinski definition) is 0. The van der Waals surface area contributed by atoms with Gasteiger partial charge in [0.15, 0.2) is 0 Å². The lowest BCUT2D eigenvalue weighted by Gasteiger charge is -2.27. The third kappa shape index (κ3) is 4.68. The number of carbonyl (C=O) groups excluding carboxylic acids is 3. The van der Waals surface area contributed by atoms with Gasteiger partial charge in [0.2, 0.25) is 5.91 Å². The summed E-state index contributed by atoms with van der Waals surface area (Å²) >= 11 is 2.35. The minimum atomic E-state index is -0.408. The van der Waals surface area contributed by atoms with E-state index < -0.39 is 5.91 Å². The van der Waals surface area contributed by atoms with Gasteiger partial charge < -0.3 is 9.64 Å². The molecule has 0 saturated carbocycles. The summed E-state index contributed by atoms with van der Waals surface area (Å²) in [4.78, 5) is 40.9. The number of para-hydroxylation sites is 1. The third-order valence-electron chi connectivity index (χ3n) is 5.06. The fourth-order valence-corrected chi connectivity index (χ4v) is 5.64. The average molecular weight is 473 g/mol. The molecule has 1 unspecified atom stereocenters. The highest BCUT2D eigenvalue weighted by atomic mass is 32.2. The van der Waals surface area contributed by atoms with Crippen molar-refractivity contribution in [2.75, 3.05) is 25.4 Å². The van der Waals surface area contributed by atoms with Crippen molar-refractivity contribution < 1.29 is 23.5 Å². The van der Waals surface area contributed by atoms with Crippen LogP contribution >= 0.6 is 23.5 Å². The first kappa shape index (κ1) is 22.4. The van der Waals surface area contributed by atoms with Crippen LogP contribution in [0.15, 0.2) is 53.4 Å². The molecule has 2 aliphatic heterocycles. The van der Waals surface area contributed by atoms with Gasteiger partial charge in [-0.15, -0.1) is 11.8 Å². The Morgan fingerprint density at radius 1 is 1.09 bits per heavy atom. The minimum Gasteiger partial charge on any atom is -0.493 e. The largest absolute Gasteiger partial charge is 0.493 e. The summed E-state index contributed by atoms with van der Waals surface area (Å²) in [6.45, 7) is 2.75. The number of thioether (sulfide) groups is 2. The zero-order chi connectivity index (χ0) is 22.7. The molecule has 0 radical (unpaired) electrons. The summed E-state index contributed by atoms with van der Waals surface area (Å²) in [5.74, 6) is 0.233. The number of hydrogen-bond acceptors (Lipinski definition) is 6. The molecule has 0 bridgehead atoms. The molecule has 0 aliphatic carbocycles. The van der Waals surface area contributed by atoms with Crippen LogP contribution in [0.5, 0.6) is 5.75 Å². The second-order valence-corrected chi connectivity index (χ2v) is 9.17. The van der Waals surface area contributed by atoms with Gasteiger partial charge in [-0.2, -0.15) is 0 Å². The van der Waals surface area contributed by atoms with Gasteiger partial charge in [-0.25, -0.2) is 4.39 Å². The number of rotatable bonds is 7. The van der Waals surface area contributed by atoms with E-state index in [9.17, 15) is 18.8 Å². The van der Waals surface area contributed by atoms with Crippen molar-refractivity contribution in [3.63, 3.8) is 0 Å². The molecule has 2 aliphatic rings. The highest BCUT2D eigenvalue weighted by Crippen LogP contribution is 2.42. The first-order valence-corrected chi connectivity index (χ1v) is 12.0. The van der Waals surface area contributed by atoms with Crippen LogP contribution < -0.4 is 4.74 Å². The lowest BCUT2D eigenvalue weighted by Crippen LogP contribution is -2.39. The number of imide groups is 1. The lowest BCUT2D eigenvalue weighted by atomic mass is 10.1. The molecule has 9 heteroatoms. The molecule has 0 spiro atoms. The molecular weight excluding hydrogens is 451 g/mol. The molecule has 2 fully saturated rings. The SMILES string of the molecule is CCOc1ccccc1C1SCC(=O)N1CCN1C(=O)S/C(=C\c2ccc(F)cc2)C1=O. The van der Waals surface area contributed by atoms with Gasteiger partial charge in [0.1, 0.15) is 16.9 Å². The van der Waals surface area contributed by atoms with E-state index in [1.165, 1.54) is 23.9 Å². The molecule has 0 aromatic heterocycles. The smallest absolute Gasteiger partial charge is 0.293 e. The van der Waals surface area contributed by atoms with Crippen molar-refractivity contribution >= 4 is 46.7 Å². The molecule has 2 heterocycles. The van der Waals surface area contributed by atoms with Gasteiger partial charge in [0.25, 0.3) is 11.1 Å². The van der Waals surface area contributed by atoms with Crippen LogP contribution in [0.25, 0.3) is 6.08 Å². The summed E-state index contributed by atoms with van der Waals surface area (Å²) in [5.41, 5.74) is 1.53. The highest BCUT2D eigenvalue weighted by molar-refractivity contribution is 8.18. The van der Waals surface area contributed by atoms with E-state index in [0.717, 1.165) is 28.0 Å². The predicted molar refractivity (Wildman–Crippen MR) is 124 cm³/mol. The summed E-state index contributed by atoms with van der Waals surface area (Å²) in [5, 5.41) is -0.617. The van der Waals surface area contributed by atoms with Gasteiger partial charge in [-0.05, 0) is 48.5 Å². The Kier molecular flexibility index (Phi) is 6.86. The van der Waals surface area contributed by atoms with E-state index in [2.05, 4.69) is 0 Å². The van der Waals surface area contributed by atoms with Gasteiger partial charge in [0.05, 0.1) is 17.3 Å². The lowest BCUT2D eigenvalue weighted by molar-refractivity contribution is -0.129. The maximum Gasteiger partial charge on any atom is 0.293 e. The molecule has 2 aromatic carbocycles. The van der Waals surface area contributed by atoms with Crippen molar-refractivity contribution in [2.24, 2.45) is 0 Å². The van der Waals surface area contributed by atoms with E-state index in [4.69, 9.17) is 4.74 Å². The van der Waals surface area contributed by atoms with Crippen LogP contribution in [0.3, 0.4) is 0 Å². The van der Waals surface area contributed by atoms with Crippen molar-refractivity contribution in [1.29, 1.82) is 0 Å². The summed E-state index contributed by atoms with van der Waals surface area (Å²) < 4.78 is 18.8. The molecule has 0 N–H and O–H groups in total. The van der Waals surface area contributed by atoms with Crippen molar-refractivity contribution in [3.8, 4) is 5.75 Å². The minimum absolute atomic E-state index is 0.0415. The number of nitrogens with zero attached hydrogens (tertiary/aromatic N) is 2. The fourth-order valence-electron chi connectivity index (χ4n) is 3.54. The van der Waals surface area contributed by atoms with Gasteiger partial charge >= 0.3 is 0 Å². The summed E-state index contributed by atoms with van der Waals surface area (Å²) in [6, 6.07) is 13.3. The number of amides is 3. The van der Waals surface area contributed by atoms with E-state index in [1.807, 2.05) is 31.2 Å². The molecule has 166 valence electrons. The normalized spacial score (nSPS) is 20.0. The predicted octanol–water partition coefficient (Wildman–Crippen LogP) is 4.53. The molecule has 3 amide bonds. The number of ether oxygens (including phenoxy) is 1. The quantitative estimate of drug-likeness (QED) is 0.552. The van der Waals surface area contributed by atoms with E-state index in [1.54, 1.807) is 23.1 Å². The average Bonchev–Trinajstić information content (AvgIpc) is 3.27. The van der Waals surface area contributed by atoms with Crippen molar-refractivity contribution in [1.82, 2.24) is 9.80 Å². The highest BCUT2D eigenvalue weighted by Gasteiger charge is 2.38. The first-order chi connectivity index (χ1) is 15.5. The van der Waals surface area contributed by atoms with E-state index in [-0.39, 0.29) is 40.3 Å². The summed E-state index contributed by atoms with van der Waals surface area (Å²) in [7, 11) is 0. The standard InChI is InChI=1S/C23H21FN2O4S2/c1-2-30-18-6-4-3-5-17(18)22-25(20(27)14-31-22)11-12-26-21(28)19(32-23(26)29)13-15-7-9-16(24)10-8-15/h3-10,13,22H,2,11-12,14H2,1H3/b19-13-. The molecule has 4 rings (SSSR count). The van der Waals surface area contributed by atoms with Crippen LogP contribution in [0.2, 0.25) is 0 Å². The number of benzene rings is 2. The fraction of sp³-hybridized carbons (Fsp3) is 0.261. The molecule has 6 nitrogen and oxygen atoms in total. The Hall–Kier alpha value is -2.78. The third-order valence-corrected chi connectivity index (χ3v) is 7.20. The topological polar surface area (TPSA) is 66.9 Å². The van der Waals surface area contributed by atoms with Gasteiger partial charge in [0, 0.05) is 18.7 Å². The van der Waals surface area contributed by atoms with Crippen LogP contribution in [-0.4, -0.2) is 52.3 Å². The van der Waals surface area contributed by atoms with Crippen LogP contribution in [0, 0.1) is 5.82 Å². The van der Waals surface area contributed by atoms with Crippen LogP contribution in [0.4, 0.5) is 9.18 Å². The molecule has 32 heavy (non-hydrogen) atoms. The van der Waals surface area contributed by atoms with E-state index in [0.29, 0.717) is 17.9 Å². The number of halogens is 1.